The molecule has 0 bridgehead atoms. The number of benzene rings is 2. The zero-order valence-electron chi connectivity index (χ0n) is 16.4. The summed E-state index contributed by atoms with van der Waals surface area (Å²) < 4.78 is 37.7. The SMILES string of the molecule is COc1cc(NS(=O)(=O)c2ccc(NC(=S)Nc3ccc(Cl)cc3)cc2)nc(OC)n1. The van der Waals surface area contributed by atoms with Crippen molar-refractivity contribution in [3.05, 3.63) is 59.6 Å². The van der Waals surface area contributed by atoms with Gasteiger partial charge in [-0.3, -0.25) is 4.72 Å². The molecule has 3 aromatic rings. The van der Waals surface area contributed by atoms with Gasteiger partial charge in [0, 0.05) is 22.5 Å². The molecule has 0 aliphatic rings. The van der Waals surface area contributed by atoms with Crippen LogP contribution in [0.2, 0.25) is 5.02 Å². The van der Waals surface area contributed by atoms with Gasteiger partial charge in [-0.1, -0.05) is 11.6 Å². The quantitative estimate of drug-likeness (QED) is 0.435. The maximum atomic E-state index is 12.7. The highest BCUT2D eigenvalue weighted by molar-refractivity contribution is 7.92. The second-order valence-electron chi connectivity index (χ2n) is 6.00. The highest BCUT2D eigenvalue weighted by Crippen LogP contribution is 2.22. The molecule has 0 atom stereocenters. The van der Waals surface area contributed by atoms with Crippen molar-refractivity contribution in [2.45, 2.75) is 4.90 Å². The fourth-order valence-corrected chi connectivity index (χ4v) is 3.75. The van der Waals surface area contributed by atoms with E-state index in [0.29, 0.717) is 15.8 Å². The summed E-state index contributed by atoms with van der Waals surface area (Å²) in [6.07, 6.45) is 0. The van der Waals surface area contributed by atoms with Crippen molar-refractivity contribution in [1.29, 1.82) is 0 Å². The highest BCUT2D eigenvalue weighted by atomic mass is 35.5. The second kappa shape index (κ2) is 9.77. The topological polar surface area (TPSA) is 114 Å². The summed E-state index contributed by atoms with van der Waals surface area (Å²) in [5.74, 6) is 0.171. The molecule has 31 heavy (non-hydrogen) atoms. The van der Waals surface area contributed by atoms with Gasteiger partial charge in [-0.2, -0.15) is 9.97 Å². The molecule has 0 fully saturated rings. The Balaban J connectivity index is 1.68. The first-order valence-electron chi connectivity index (χ1n) is 8.72. The maximum absolute atomic E-state index is 12.7. The molecule has 3 N–H and O–H groups in total. The normalized spacial score (nSPS) is 10.8. The van der Waals surface area contributed by atoms with Gasteiger partial charge in [-0.25, -0.2) is 8.42 Å². The molecule has 0 saturated heterocycles. The molecule has 0 aliphatic heterocycles. The summed E-state index contributed by atoms with van der Waals surface area (Å²) in [7, 11) is -1.13. The average Bonchev–Trinajstić information content (AvgIpc) is 2.75. The van der Waals surface area contributed by atoms with E-state index in [0.717, 1.165) is 5.69 Å². The van der Waals surface area contributed by atoms with Gasteiger partial charge in [0.15, 0.2) is 10.9 Å². The Labute approximate surface area is 189 Å². The first-order valence-corrected chi connectivity index (χ1v) is 11.0. The number of aromatic nitrogens is 2. The largest absolute Gasteiger partial charge is 0.481 e. The predicted octanol–water partition coefficient (Wildman–Crippen LogP) is 3.76. The molecule has 0 saturated carbocycles. The van der Waals surface area contributed by atoms with Gasteiger partial charge >= 0.3 is 6.01 Å². The van der Waals surface area contributed by atoms with Crippen LogP contribution in [0, 0.1) is 0 Å². The Bertz CT molecular complexity index is 1150. The van der Waals surface area contributed by atoms with Crippen LogP contribution in [-0.4, -0.2) is 37.7 Å². The zero-order chi connectivity index (χ0) is 22.4. The molecule has 0 aliphatic carbocycles. The number of hydrogen-bond donors (Lipinski definition) is 3. The van der Waals surface area contributed by atoms with Gasteiger partial charge < -0.3 is 20.1 Å². The molecule has 1 heterocycles. The smallest absolute Gasteiger partial charge is 0.321 e. The number of nitrogens with zero attached hydrogens (tertiary/aromatic N) is 2. The molecule has 0 radical (unpaired) electrons. The number of nitrogens with one attached hydrogen (secondary N) is 3. The number of anilines is 3. The minimum Gasteiger partial charge on any atom is -0.481 e. The van der Waals surface area contributed by atoms with Gasteiger partial charge in [-0.05, 0) is 60.7 Å². The van der Waals surface area contributed by atoms with Gasteiger partial charge in [0.25, 0.3) is 10.0 Å². The summed E-state index contributed by atoms with van der Waals surface area (Å²) in [6, 6.07) is 14.4. The first kappa shape index (κ1) is 22.5. The zero-order valence-corrected chi connectivity index (χ0v) is 18.8. The summed E-state index contributed by atoms with van der Waals surface area (Å²) in [5.41, 5.74) is 1.37. The Morgan fingerprint density at radius 1 is 0.935 bits per heavy atom. The van der Waals surface area contributed by atoms with E-state index >= 15 is 0 Å². The third-order valence-corrected chi connectivity index (χ3v) is 5.66. The molecule has 3 rings (SSSR count). The average molecular weight is 480 g/mol. The fraction of sp³-hybridized carbons (Fsp3) is 0.105. The molecular formula is C19H18ClN5O4S2. The number of thiocarbonyl (C=S) groups is 1. The van der Waals surface area contributed by atoms with Crippen molar-refractivity contribution in [2.75, 3.05) is 29.6 Å². The fourth-order valence-electron chi connectivity index (χ4n) is 2.39. The number of rotatable bonds is 7. The second-order valence-corrected chi connectivity index (χ2v) is 8.53. The van der Waals surface area contributed by atoms with E-state index in [2.05, 4.69) is 25.3 Å². The van der Waals surface area contributed by atoms with Gasteiger partial charge in [-0.15, -0.1) is 0 Å². The van der Waals surface area contributed by atoms with Crippen molar-refractivity contribution in [2.24, 2.45) is 0 Å². The van der Waals surface area contributed by atoms with E-state index in [1.54, 1.807) is 36.4 Å². The standard InChI is InChI=1S/C19H18ClN5O4S2/c1-28-17-11-16(23-18(24-17)29-2)25-31(26,27)15-9-7-14(8-10-15)22-19(30)21-13-5-3-12(20)4-6-13/h3-11H,1-2H3,(H2,21,22,30)(H,23,24,25). The lowest BCUT2D eigenvalue weighted by atomic mass is 10.3. The number of hydrogen-bond acceptors (Lipinski definition) is 7. The van der Waals surface area contributed by atoms with Crippen LogP contribution in [0.3, 0.4) is 0 Å². The Hall–Kier alpha value is -3.15. The first-order chi connectivity index (χ1) is 14.8. The van der Waals surface area contributed by atoms with Crippen LogP contribution in [-0.2, 0) is 10.0 Å². The highest BCUT2D eigenvalue weighted by Gasteiger charge is 2.17. The Morgan fingerprint density at radius 3 is 2.06 bits per heavy atom. The van der Waals surface area contributed by atoms with Crippen molar-refractivity contribution in [3.63, 3.8) is 0 Å². The third-order valence-electron chi connectivity index (χ3n) is 3.84. The van der Waals surface area contributed by atoms with Crippen LogP contribution in [0.15, 0.2) is 59.5 Å². The van der Waals surface area contributed by atoms with E-state index in [1.807, 2.05) is 0 Å². The number of sulfonamides is 1. The van der Waals surface area contributed by atoms with E-state index < -0.39 is 10.0 Å². The summed E-state index contributed by atoms with van der Waals surface area (Å²) >= 11 is 11.1. The molecule has 12 heteroatoms. The predicted molar refractivity (Wildman–Crippen MR) is 124 cm³/mol. The minimum absolute atomic E-state index is 0.0132. The Morgan fingerprint density at radius 2 is 1.52 bits per heavy atom. The van der Waals surface area contributed by atoms with Crippen molar-refractivity contribution >= 4 is 56.1 Å². The molecule has 0 unspecified atom stereocenters. The van der Waals surface area contributed by atoms with Crippen LogP contribution in [0.25, 0.3) is 0 Å². The molecule has 2 aromatic carbocycles. The lowest BCUT2D eigenvalue weighted by molar-refractivity contribution is 0.353. The molecule has 1 aromatic heterocycles. The van der Waals surface area contributed by atoms with Crippen LogP contribution < -0.4 is 24.8 Å². The van der Waals surface area contributed by atoms with E-state index in [1.165, 1.54) is 32.4 Å². The number of halogens is 1. The lowest BCUT2D eigenvalue weighted by Gasteiger charge is -2.12. The van der Waals surface area contributed by atoms with Crippen LogP contribution >= 0.6 is 23.8 Å². The van der Waals surface area contributed by atoms with Gasteiger partial charge in [0.05, 0.1) is 19.1 Å². The summed E-state index contributed by atoms with van der Waals surface area (Å²) in [6.45, 7) is 0. The van der Waals surface area contributed by atoms with Crippen LogP contribution in [0.5, 0.6) is 11.9 Å². The van der Waals surface area contributed by atoms with E-state index in [4.69, 9.17) is 33.3 Å². The maximum Gasteiger partial charge on any atom is 0.321 e. The Kier molecular flexibility index (Phi) is 7.10. The van der Waals surface area contributed by atoms with Crippen molar-refractivity contribution in [3.8, 4) is 11.9 Å². The minimum atomic E-state index is -3.90. The van der Waals surface area contributed by atoms with E-state index in [9.17, 15) is 8.42 Å². The lowest BCUT2D eigenvalue weighted by Crippen LogP contribution is -2.19. The third kappa shape index (κ3) is 6.17. The van der Waals surface area contributed by atoms with Crippen molar-refractivity contribution in [1.82, 2.24) is 9.97 Å². The number of methoxy groups -OCH3 is 2. The number of ether oxygens (including phenoxy) is 2. The van der Waals surface area contributed by atoms with Gasteiger partial charge in [0.1, 0.15) is 0 Å². The van der Waals surface area contributed by atoms with Crippen LogP contribution in [0.4, 0.5) is 17.2 Å². The van der Waals surface area contributed by atoms with Crippen molar-refractivity contribution < 1.29 is 17.9 Å². The van der Waals surface area contributed by atoms with Crippen LogP contribution in [0.1, 0.15) is 0 Å². The monoisotopic (exact) mass is 479 g/mol. The molecule has 0 amide bonds. The summed E-state index contributed by atoms with van der Waals surface area (Å²) in [4.78, 5) is 7.92. The molecule has 9 nitrogen and oxygen atoms in total. The van der Waals surface area contributed by atoms with Gasteiger partial charge in [0.2, 0.25) is 5.88 Å². The molecule has 162 valence electrons. The summed E-state index contributed by atoms with van der Waals surface area (Å²) in [5, 5.41) is 6.95. The van der Waals surface area contributed by atoms with E-state index in [-0.39, 0.29) is 22.6 Å². The molecular weight excluding hydrogens is 462 g/mol. The molecule has 0 spiro atoms.